The molecule has 3 rings (SSSR count). The number of hydrogen-bond donors (Lipinski definition) is 1. The lowest BCUT2D eigenvalue weighted by molar-refractivity contribution is -0.0328. The maximum atomic E-state index is 12.3. The van der Waals surface area contributed by atoms with Crippen LogP contribution in [0.3, 0.4) is 0 Å². The maximum absolute atomic E-state index is 12.3. The average Bonchev–Trinajstić information content (AvgIpc) is 3.07. The first kappa shape index (κ1) is 15.9. The molecule has 0 saturated carbocycles. The third-order valence-corrected chi connectivity index (χ3v) is 4.18. The highest BCUT2D eigenvalue weighted by Gasteiger charge is 2.29. The Bertz CT molecular complexity index is 712. The average molecular weight is 342 g/mol. The molecule has 1 aromatic carbocycles. The van der Waals surface area contributed by atoms with Crippen LogP contribution in [0.2, 0.25) is 0 Å². The molecule has 2 aromatic rings. The van der Waals surface area contributed by atoms with Gasteiger partial charge in [-0.3, -0.25) is 4.79 Å². The number of amides is 1. The van der Waals surface area contributed by atoms with E-state index in [1.165, 1.54) is 24.3 Å². The minimum Gasteiger partial charge on any atom is -0.345 e. The van der Waals surface area contributed by atoms with Crippen molar-refractivity contribution in [1.29, 1.82) is 0 Å². The van der Waals surface area contributed by atoms with Gasteiger partial charge in [0, 0.05) is 23.4 Å². The number of benzene rings is 1. The monoisotopic (exact) mass is 342 g/mol. The van der Waals surface area contributed by atoms with Crippen LogP contribution in [0.4, 0.5) is 13.2 Å². The van der Waals surface area contributed by atoms with Crippen molar-refractivity contribution in [3.63, 3.8) is 0 Å². The summed E-state index contributed by atoms with van der Waals surface area (Å²) in [5, 5.41) is 10.8. The van der Waals surface area contributed by atoms with Crippen LogP contribution in [0.25, 0.3) is 0 Å². The van der Waals surface area contributed by atoms with Gasteiger partial charge in [-0.1, -0.05) is 0 Å². The molecule has 0 spiro atoms. The lowest BCUT2D eigenvalue weighted by Gasteiger charge is -2.08. The summed E-state index contributed by atoms with van der Waals surface area (Å²) >= 11 is -0.207. The summed E-state index contributed by atoms with van der Waals surface area (Å²) < 4.78 is 38.7. The SMILES string of the molecule is O=C(NCc1nnc2n1CCC2)c1ccc(SC(F)(F)F)cc1. The van der Waals surface area contributed by atoms with E-state index in [4.69, 9.17) is 0 Å². The summed E-state index contributed by atoms with van der Waals surface area (Å²) in [5.41, 5.74) is -4.03. The predicted molar refractivity (Wildman–Crippen MR) is 77.9 cm³/mol. The van der Waals surface area contributed by atoms with Crippen molar-refractivity contribution in [2.75, 3.05) is 0 Å². The van der Waals surface area contributed by atoms with E-state index in [2.05, 4.69) is 15.5 Å². The zero-order valence-corrected chi connectivity index (χ0v) is 12.7. The molecule has 1 aliphatic rings. The van der Waals surface area contributed by atoms with Crippen LogP contribution in [0, 0.1) is 0 Å². The molecule has 122 valence electrons. The number of rotatable bonds is 4. The Balaban J connectivity index is 1.60. The van der Waals surface area contributed by atoms with Crippen molar-refractivity contribution in [3.8, 4) is 0 Å². The molecule has 1 amide bonds. The van der Waals surface area contributed by atoms with E-state index in [9.17, 15) is 18.0 Å². The zero-order valence-electron chi connectivity index (χ0n) is 11.9. The number of nitrogens with one attached hydrogen (secondary N) is 1. The zero-order chi connectivity index (χ0) is 16.4. The van der Waals surface area contributed by atoms with Crippen LogP contribution < -0.4 is 5.32 Å². The quantitative estimate of drug-likeness (QED) is 0.868. The molecule has 23 heavy (non-hydrogen) atoms. The van der Waals surface area contributed by atoms with Crippen molar-refractivity contribution in [1.82, 2.24) is 20.1 Å². The Morgan fingerprint density at radius 3 is 2.70 bits per heavy atom. The highest BCUT2D eigenvalue weighted by Crippen LogP contribution is 2.36. The van der Waals surface area contributed by atoms with Gasteiger partial charge in [-0.15, -0.1) is 10.2 Å². The van der Waals surface area contributed by atoms with Gasteiger partial charge < -0.3 is 9.88 Å². The largest absolute Gasteiger partial charge is 0.446 e. The van der Waals surface area contributed by atoms with Gasteiger partial charge in [0.05, 0.1) is 6.54 Å². The summed E-state index contributed by atoms with van der Waals surface area (Å²) in [4.78, 5) is 12.1. The van der Waals surface area contributed by atoms with Crippen LogP contribution in [-0.4, -0.2) is 26.2 Å². The number of nitrogens with zero attached hydrogens (tertiary/aromatic N) is 3. The highest BCUT2D eigenvalue weighted by molar-refractivity contribution is 8.00. The van der Waals surface area contributed by atoms with Crippen LogP contribution in [0.5, 0.6) is 0 Å². The van der Waals surface area contributed by atoms with Crippen LogP contribution >= 0.6 is 11.8 Å². The molecule has 1 N–H and O–H groups in total. The number of thioether (sulfide) groups is 1. The van der Waals surface area contributed by atoms with Crippen molar-refractivity contribution in [2.45, 2.75) is 36.3 Å². The van der Waals surface area contributed by atoms with E-state index in [0.29, 0.717) is 11.4 Å². The maximum Gasteiger partial charge on any atom is 0.446 e. The second kappa shape index (κ2) is 6.23. The third-order valence-electron chi connectivity index (χ3n) is 3.44. The van der Waals surface area contributed by atoms with Gasteiger partial charge in [0.15, 0.2) is 5.82 Å². The van der Waals surface area contributed by atoms with Crippen LogP contribution in [0.15, 0.2) is 29.2 Å². The number of hydrogen-bond acceptors (Lipinski definition) is 4. The van der Waals surface area contributed by atoms with Gasteiger partial charge in [0.25, 0.3) is 5.91 Å². The van der Waals surface area contributed by atoms with E-state index < -0.39 is 5.51 Å². The molecule has 0 unspecified atom stereocenters. The number of aryl methyl sites for hydroxylation is 1. The molecule has 0 saturated heterocycles. The molecule has 1 aliphatic heterocycles. The first-order chi connectivity index (χ1) is 10.9. The lowest BCUT2D eigenvalue weighted by atomic mass is 10.2. The van der Waals surface area contributed by atoms with Gasteiger partial charge >= 0.3 is 5.51 Å². The molecule has 0 aliphatic carbocycles. The van der Waals surface area contributed by atoms with Crippen molar-refractivity contribution in [2.24, 2.45) is 0 Å². The second-order valence-electron chi connectivity index (χ2n) is 5.04. The topological polar surface area (TPSA) is 59.8 Å². The minimum atomic E-state index is -4.34. The van der Waals surface area contributed by atoms with Crippen molar-refractivity contribution in [3.05, 3.63) is 41.5 Å². The van der Waals surface area contributed by atoms with Gasteiger partial charge in [-0.2, -0.15) is 13.2 Å². The standard InChI is InChI=1S/C14H13F3N4OS/c15-14(16,17)23-10-5-3-9(4-6-10)13(22)18-8-12-20-19-11-2-1-7-21(11)12/h3-6H,1-2,7-8H2,(H,18,22). The molecule has 9 heteroatoms. The number of alkyl halides is 3. The van der Waals surface area contributed by atoms with Gasteiger partial charge in [-0.05, 0) is 42.4 Å². The van der Waals surface area contributed by atoms with Crippen LogP contribution in [0.1, 0.15) is 28.4 Å². The summed E-state index contributed by atoms with van der Waals surface area (Å²) in [7, 11) is 0. The molecular weight excluding hydrogens is 329 g/mol. The fourth-order valence-electron chi connectivity index (χ4n) is 2.41. The van der Waals surface area contributed by atoms with E-state index in [0.717, 1.165) is 25.2 Å². The molecule has 2 heterocycles. The Kier molecular flexibility index (Phi) is 4.29. The number of fused-ring (bicyclic) bond motifs is 1. The molecule has 5 nitrogen and oxygen atoms in total. The number of aromatic nitrogens is 3. The highest BCUT2D eigenvalue weighted by atomic mass is 32.2. The van der Waals surface area contributed by atoms with Crippen molar-refractivity contribution >= 4 is 17.7 Å². The van der Waals surface area contributed by atoms with Crippen LogP contribution in [-0.2, 0) is 19.5 Å². The van der Waals surface area contributed by atoms with E-state index in [-0.39, 0.29) is 29.1 Å². The first-order valence-electron chi connectivity index (χ1n) is 6.97. The predicted octanol–water partition coefficient (Wildman–Crippen LogP) is 2.77. The second-order valence-corrected chi connectivity index (χ2v) is 6.18. The summed E-state index contributed by atoms with van der Waals surface area (Å²) in [6, 6.07) is 5.30. The van der Waals surface area contributed by atoms with Crippen molar-refractivity contribution < 1.29 is 18.0 Å². The summed E-state index contributed by atoms with van der Waals surface area (Å²) in [5.74, 6) is 1.25. The van der Waals surface area contributed by atoms with Gasteiger partial charge in [0.1, 0.15) is 5.82 Å². The number of carbonyl (C=O) groups is 1. The molecule has 0 bridgehead atoms. The van der Waals surface area contributed by atoms with Gasteiger partial charge in [0.2, 0.25) is 0 Å². The Labute approximate surface area is 134 Å². The number of carbonyl (C=O) groups excluding carboxylic acids is 1. The fourth-order valence-corrected chi connectivity index (χ4v) is 2.95. The lowest BCUT2D eigenvalue weighted by Crippen LogP contribution is -2.24. The molecule has 0 atom stereocenters. The number of halogens is 3. The first-order valence-corrected chi connectivity index (χ1v) is 7.79. The van der Waals surface area contributed by atoms with E-state index >= 15 is 0 Å². The fraction of sp³-hybridized carbons (Fsp3) is 0.357. The minimum absolute atomic E-state index is 0.0457. The molecular formula is C14H13F3N4OS. The summed E-state index contributed by atoms with van der Waals surface area (Å²) in [6.07, 6.45) is 1.91. The smallest absolute Gasteiger partial charge is 0.345 e. The molecule has 0 radical (unpaired) electrons. The van der Waals surface area contributed by atoms with E-state index in [1.807, 2.05) is 4.57 Å². The normalized spacial score (nSPS) is 13.9. The molecule has 0 fully saturated rings. The summed E-state index contributed by atoms with van der Waals surface area (Å²) in [6.45, 7) is 1.09. The van der Waals surface area contributed by atoms with E-state index in [1.54, 1.807) is 0 Å². The van der Waals surface area contributed by atoms with Gasteiger partial charge in [-0.25, -0.2) is 0 Å². The third kappa shape index (κ3) is 3.84. The Morgan fingerprint density at radius 1 is 1.26 bits per heavy atom. The Morgan fingerprint density at radius 2 is 2.00 bits per heavy atom. The molecule has 1 aromatic heterocycles. The Hall–Kier alpha value is -2.03.